The first kappa shape index (κ1) is 13.5. The van der Waals surface area contributed by atoms with Gasteiger partial charge in [-0.15, -0.1) is 0 Å². The summed E-state index contributed by atoms with van der Waals surface area (Å²) in [7, 11) is 0. The monoisotopic (exact) mass is 249 g/mol. The van der Waals surface area contributed by atoms with E-state index < -0.39 is 0 Å². The fraction of sp³-hybridized carbons (Fsp3) is 0.625. The molecule has 0 aliphatic heterocycles. The summed E-state index contributed by atoms with van der Waals surface area (Å²) in [6.07, 6.45) is 6.43. The summed E-state index contributed by atoms with van der Waals surface area (Å²) in [5.41, 5.74) is 1.70. The second-order valence-electron chi connectivity index (χ2n) is 6.13. The Morgan fingerprint density at radius 3 is 2.44 bits per heavy atom. The quantitative estimate of drug-likeness (QED) is 0.834. The standard InChI is InChI=1S/C16H24FN/c1-13(11-14-5-7-15(17)8-6-14)18-12-16(2)9-3-4-10-16/h5-8,13,18H,3-4,9-12H2,1-2H3. The average molecular weight is 249 g/mol. The molecule has 0 aromatic heterocycles. The van der Waals surface area contributed by atoms with Crippen molar-refractivity contribution in [3.63, 3.8) is 0 Å². The van der Waals surface area contributed by atoms with Crippen molar-refractivity contribution >= 4 is 0 Å². The van der Waals surface area contributed by atoms with Gasteiger partial charge >= 0.3 is 0 Å². The minimum Gasteiger partial charge on any atom is -0.313 e. The molecule has 1 aromatic rings. The normalized spacial score (nSPS) is 19.9. The van der Waals surface area contributed by atoms with Gasteiger partial charge in [-0.1, -0.05) is 31.9 Å². The molecule has 1 fully saturated rings. The molecule has 1 N–H and O–H groups in total. The van der Waals surface area contributed by atoms with Gasteiger partial charge in [0, 0.05) is 12.6 Å². The van der Waals surface area contributed by atoms with Crippen molar-refractivity contribution in [2.45, 2.75) is 52.0 Å². The zero-order valence-corrected chi connectivity index (χ0v) is 11.5. The van der Waals surface area contributed by atoms with Gasteiger partial charge < -0.3 is 5.32 Å². The molecule has 1 atom stereocenters. The summed E-state index contributed by atoms with van der Waals surface area (Å²) in [4.78, 5) is 0. The first-order valence-corrected chi connectivity index (χ1v) is 7.05. The van der Waals surface area contributed by atoms with Gasteiger partial charge in [0.25, 0.3) is 0 Å². The van der Waals surface area contributed by atoms with Crippen LogP contribution in [0.3, 0.4) is 0 Å². The molecule has 18 heavy (non-hydrogen) atoms. The van der Waals surface area contributed by atoms with Crippen molar-refractivity contribution in [3.8, 4) is 0 Å². The lowest BCUT2D eigenvalue weighted by Crippen LogP contribution is -2.36. The molecule has 1 saturated carbocycles. The van der Waals surface area contributed by atoms with E-state index in [-0.39, 0.29) is 5.82 Å². The van der Waals surface area contributed by atoms with E-state index in [1.54, 1.807) is 12.1 Å². The van der Waals surface area contributed by atoms with E-state index in [2.05, 4.69) is 19.2 Å². The molecule has 0 amide bonds. The van der Waals surface area contributed by atoms with Crippen LogP contribution in [0, 0.1) is 11.2 Å². The molecule has 2 heteroatoms. The maximum absolute atomic E-state index is 12.8. The van der Waals surface area contributed by atoms with Crippen LogP contribution in [-0.2, 0) is 6.42 Å². The van der Waals surface area contributed by atoms with E-state index in [1.807, 2.05) is 12.1 Å². The topological polar surface area (TPSA) is 12.0 Å². The summed E-state index contributed by atoms with van der Waals surface area (Å²) in [6, 6.07) is 7.30. The van der Waals surface area contributed by atoms with Gasteiger partial charge in [-0.05, 0) is 49.3 Å². The molecule has 1 aliphatic rings. The minimum absolute atomic E-state index is 0.155. The van der Waals surface area contributed by atoms with E-state index in [0.717, 1.165) is 13.0 Å². The van der Waals surface area contributed by atoms with E-state index >= 15 is 0 Å². The molecule has 0 saturated heterocycles. The van der Waals surface area contributed by atoms with Crippen LogP contribution in [0.1, 0.15) is 45.1 Å². The van der Waals surface area contributed by atoms with Gasteiger partial charge in [0.2, 0.25) is 0 Å². The van der Waals surface area contributed by atoms with Crippen molar-refractivity contribution in [1.29, 1.82) is 0 Å². The highest BCUT2D eigenvalue weighted by molar-refractivity contribution is 5.17. The number of hydrogen-bond donors (Lipinski definition) is 1. The highest BCUT2D eigenvalue weighted by Crippen LogP contribution is 2.36. The molecule has 0 radical (unpaired) electrons. The van der Waals surface area contributed by atoms with E-state index in [0.29, 0.717) is 11.5 Å². The molecule has 1 unspecified atom stereocenters. The van der Waals surface area contributed by atoms with Crippen LogP contribution in [0.25, 0.3) is 0 Å². The van der Waals surface area contributed by atoms with Crippen LogP contribution in [0.2, 0.25) is 0 Å². The lowest BCUT2D eigenvalue weighted by atomic mass is 9.88. The second-order valence-corrected chi connectivity index (χ2v) is 6.13. The summed E-state index contributed by atoms with van der Waals surface area (Å²) in [5, 5.41) is 3.63. The average Bonchev–Trinajstić information content (AvgIpc) is 2.78. The van der Waals surface area contributed by atoms with Crippen molar-refractivity contribution < 1.29 is 4.39 Å². The number of hydrogen-bond acceptors (Lipinski definition) is 1. The first-order valence-electron chi connectivity index (χ1n) is 7.05. The van der Waals surface area contributed by atoms with Crippen LogP contribution in [0.5, 0.6) is 0 Å². The molecule has 2 rings (SSSR count). The van der Waals surface area contributed by atoms with Gasteiger partial charge in [-0.3, -0.25) is 0 Å². The fourth-order valence-corrected chi connectivity index (χ4v) is 2.87. The Morgan fingerprint density at radius 2 is 1.83 bits per heavy atom. The molecular weight excluding hydrogens is 225 g/mol. The number of halogens is 1. The van der Waals surface area contributed by atoms with Crippen LogP contribution < -0.4 is 5.32 Å². The zero-order valence-electron chi connectivity index (χ0n) is 11.5. The number of rotatable bonds is 5. The lowest BCUT2D eigenvalue weighted by Gasteiger charge is -2.26. The molecule has 1 aliphatic carbocycles. The number of benzene rings is 1. The molecular formula is C16H24FN. The van der Waals surface area contributed by atoms with Crippen LogP contribution in [-0.4, -0.2) is 12.6 Å². The van der Waals surface area contributed by atoms with Crippen molar-refractivity contribution in [1.82, 2.24) is 5.32 Å². The summed E-state index contributed by atoms with van der Waals surface area (Å²) < 4.78 is 12.8. The van der Waals surface area contributed by atoms with Crippen LogP contribution in [0.4, 0.5) is 4.39 Å². The van der Waals surface area contributed by atoms with E-state index in [4.69, 9.17) is 0 Å². The van der Waals surface area contributed by atoms with Gasteiger partial charge in [-0.2, -0.15) is 0 Å². The molecule has 0 heterocycles. The predicted molar refractivity (Wildman–Crippen MR) is 74.1 cm³/mol. The maximum atomic E-state index is 12.8. The first-order chi connectivity index (χ1) is 8.57. The largest absolute Gasteiger partial charge is 0.313 e. The Balaban J connectivity index is 1.78. The Kier molecular flexibility index (Phi) is 4.39. The third-order valence-electron chi connectivity index (χ3n) is 4.14. The second kappa shape index (κ2) is 5.83. The maximum Gasteiger partial charge on any atom is 0.123 e. The van der Waals surface area contributed by atoms with E-state index in [9.17, 15) is 4.39 Å². The fourth-order valence-electron chi connectivity index (χ4n) is 2.87. The molecule has 1 nitrogen and oxygen atoms in total. The smallest absolute Gasteiger partial charge is 0.123 e. The van der Waals surface area contributed by atoms with Crippen molar-refractivity contribution in [3.05, 3.63) is 35.6 Å². The van der Waals surface area contributed by atoms with E-state index in [1.165, 1.54) is 31.2 Å². The van der Waals surface area contributed by atoms with Gasteiger partial charge in [-0.25, -0.2) is 4.39 Å². The third-order valence-corrected chi connectivity index (χ3v) is 4.14. The van der Waals surface area contributed by atoms with Crippen LogP contribution >= 0.6 is 0 Å². The zero-order chi connectivity index (χ0) is 13.0. The van der Waals surface area contributed by atoms with Gasteiger partial charge in [0.15, 0.2) is 0 Å². The molecule has 100 valence electrons. The summed E-state index contributed by atoms with van der Waals surface area (Å²) in [5.74, 6) is -0.155. The Labute approximate surface area is 110 Å². The van der Waals surface area contributed by atoms with Gasteiger partial charge in [0.05, 0.1) is 0 Å². The Bertz CT molecular complexity index is 365. The molecule has 0 bridgehead atoms. The van der Waals surface area contributed by atoms with Crippen LogP contribution in [0.15, 0.2) is 24.3 Å². The van der Waals surface area contributed by atoms with Crippen molar-refractivity contribution in [2.24, 2.45) is 5.41 Å². The summed E-state index contributed by atoms with van der Waals surface area (Å²) >= 11 is 0. The Hall–Kier alpha value is -0.890. The SMILES string of the molecule is CC(Cc1ccc(F)cc1)NCC1(C)CCCC1. The van der Waals surface area contributed by atoms with Gasteiger partial charge in [0.1, 0.15) is 5.82 Å². The third kappa shape index (κ3) is 3.81. The highest BCUT2D eigenvalue weighted by Gasteiger charge is 2.28. The summed E-state index contributed by atoms with van der Waals surface area (Å²) in [6.45, 7) is 5.70. The highest BCUT2D eigenvalue weighted by atomic mass is 19.1. The molecule has 1 aromatic carbocycles. The minimum atomic E-state index is -0.155. The predicted octanol–water partition coefficient (Wildman–Crippen LogP) is 3.93. The van der Waals surface area contributed by atoms with Crippen molar-refractivity contribution in [2.75, 3.05) is 6.54 Å². The Morgan fingerprint density at radius 1 is 1.22 bits per heavy atom. The lowest BCUT2D eigenvalue weighted by molar-refractivity contribution is 0.300. The number of nitrogens with one attached hydrogen (secondary N) is 1. The molecule has 0 spiro atoms.